The molecular formula is C23H19ClN2O4. The van der Waals surface area contributed by atoms with Crippen LogP contribution >= 0.6 is 11.6 Å². The number of fused-ring (bicyclic) bond motifs is 1. The zero-order chi connectivity index (χ0) is 21.3. The second-order valence-corrected chi connectivity index (χ2v) is 7.51. The Bertz CT molecular complexity index is 1240. The van der Waals surface area contributed by atoms with Gasteiger partial charge >= 0.3 is 0 Å². The molecule has 0 saturated heterocycles. The fraction of sp³-hybridized carbons (Fsp3) is 0.174. The molecule has 7 heteroatoms. The Morgan fingerprint density at radius 2 is 1.83 bits per heavy atom. The van der Waals surface area contributed by atoms with Crippen LogP contribution in [-0.4, -0.2) is 16.8 Å². The maximum Gasteiger partial charge on any atom is 0.228 e. The Balaban J connectivity index is 1.51. The normalized spacial score (nSPS) is 11.0. The molecule has 30 heavy (non-hydrogen) atoms. The molecule has 0 spiro atoms. The number of ketones is 1. The van der Waals surface area contributed by atoms with E-state index in [4.69, 9.17) is 20.5 Å². The highest BCUT2D eigenvalue weighted by Crippen LogP contribution is 2.29. The third kappa shape index (κ3) is 4.14. The van der Waals surface area contributed by atoms with Gasteiger partial charge in [-0.3, -0.25) is 9.59 Å². The zero-order valence-electron chi connectivity index (χ0n) is 16.5. The third-order valence-corrected chi connectivity index (χ3v) is 5.05. The van der Waals surface area contributed by atoms with Gasteiger partial charge in [0.1, 0.15) is 11.3 Å². The Morgan fingerprint density at radius 1 is 1.07 bits per heavy atom. The molecule has 1 amide bonds. The summed E-state index contributed by atoms with van der Waals surface area (Å²) in [7, 11) is 0. The van der Waals surface area contributed by atoms with E-state index >= 15 is 0 Å². The standard InChI is InChI=1S/C23H19ClN2O4/c1-13-3-5-15(6-4-13)22(28)23-14(2)18-11-16(7-9-19(18)29-23)25-21(27)10-8-17-12-20(24)26-30-17/h3-7,9,11-12H,8,10H2,1-2H3,(H,25,27). The number of amides is 1. The van der Waals surface area contributed by atoms with E-state index in [1.807, 2.05) is 32.0 Å². The van der Waals surface area contributed by atoms with Crippen LogP contribution in [0.3, 0.4) is 0 Å². The van der Waals surface area contributed by atoms with Gasteiger partial charge in [-0.2, -0.15) is 0 Å². The molecular weight excluding hydrogens is 404 g/mol. The van der Waals surface area contributed by atoms with Crippen LogP contribution in [0.1, 0.15) is 39.4 Å². The Morgan fingerprint density at radius 3 is 2.53 bits per heavy atom. The summed E-state index contributed by atoms with van der Waals surface area (Å²) in [6.45, 7) is 3.81. The summed E-state index contributed by atoms with van der Waals surface area (Å²) in [6, 6.07) is 14.3. The Labute approximate surface area is 177 Å². The van der Waals surface area contributed by atoms with Crippen molar-refractivity contribution in [3.05, 3.63) is 81.9 Å². The lowest BCUT2D eigenvalue weighted by atomic mass is 10.0. The number of rotatable bonds is 6. The molecule has 0 aliphatic rings. The first kappa shape index (κ1) is 19.9. The number of furan rings is 1. The van der Waals surface area contributed by atoms with Crippen LogP contribution in [0.25, 0.3) is 11.0 Å². The van der Waals surface area contributed by atoms with Crippen molar-refractivity contribution < 1.29 is 18.5 Å². The topological polar surface area (TPSA) is 85.3 Å². The molecule has 4 aromatic rings. The third-order valence-electron chi connectivity index (χ3n) is 4.87. The van der Waals surface area contributed by atoms with Gasteiger partial charge in [-0.1, -0.05) is 46.6 Å². The first-order valence-corrected chi connectivity index (χ1v) is 9.84. The summed E-state index contributed by atoms with van der Waals surface area (Å²) in [5.74, 6) is 0.522. The number of benzene rings is 2. The first-order chi connectivity index (χ1) is 14.4. The lowest BCUT2D eigenvalue weighted by Crippen LogP contribution is -2.12. The predicted octanol–water partition coefficient (Wildman–Crippen LogP) is 5.49. The molecule has 0 aliphatic heterocycles. The van der Waals surface area contributed by atoms with Gasteiger partial charge in [0.2, 0.25) is 11.7 Å². The number of hydrogen-bond acceptors (Lipinski definition) is 5. The fourth-order valence-corrected chi connectivity index (χ4v) is 3.37. The number of halogens is 1. The molecule has 2 heterocycles. The highest BCUT2D eigenvalue weighted by atomic mass is 35.5. The maximum atomic E-state index is 12.8. The molecule has 1 N–H and O–H groups in total. The molecule has 0 radical (unpaired) electrons. The Kier molecular flexibility index (Phi) is 5.42. The smallest absolute Gasteiger partial charge is 0.228 e. The van der Waals surface area contributed by atoms with E-state index in [9.17, 15) is 9.59 Å². The second-order valence-electron chi connectivity index (χ2n) is 7.13. The highest BCUT2D eigenvalue weighted by molar-refractivity contribution is 6.29. The van der Waals surface area contributed by atoms with Crippen molar-refractivity contribution in [2.24, 2.45) is 0 Å². The number of nitrogens with one attached hydrogen (secondary N) is 1. The van der Waals surface area contributed by atoms with Gasteiger partial charge in [-0.05, 0) is 32.0 Å². The summed E-state index contributed by atoms with van der Waals surface area (Å²) in [5, 5.41) is 7.49. The molecule has 0 unspecified atom stereocenters. The van der Waals surface area contributed by atoms with E-state index in [1.165, 1.54) is 0 Å². The van der Waals surface area contributed by atoms with Crippen LogP contribution in [0, 0.1) is 13.8 Å². The SMILES string of the molecule is Cc1ccc(C(=O)c2oc3ccc(NC(=O)CCc4cc(Cl)no4)cc3c2C)cc1. The molecule has 0 saturated carbocycles. The zero-order valence-corrected chi connectivity index (χ0v) is 17.2. The van der Waals surface area contributed by atoms with Gasteiger partial charge in [-0.15, -0.1) is 0 Å². The molecule has 152 valence electrons. The lowest BCUT2D eigenvalue weighted by Gasteiger charge is -2.04. The number of aryl methyl sites for hydroxylation is 3. The van der Waals surface area contributed by atoms with Crippen molar-refractivity contribution in [1.29, 1.82) is 0 Å². The molecule has 0 atom stereocenters. The molecule has 0 aliphatic carbocycles. The fourth-order valence-electron chi connectivity index (χ4n) is 3.22. The van der Waals surface area contributed by atoms with Crippen molar-refractivity contribution in [2.75, 3.05) is 5.32 Å². The second kappa shape index (κ2) is 8.16. The number of anilines is 1. The number of carbonyl (C=O) groups is 2. The predicted molar refractivity (Wildman–Crippen MR) is 114 cm³/mol. The average molecular weight is 423 g/mol. The summed E-state index contributed by atoms with van der Waals surface area (Å²) in [6.07, 6.45) is 0.624. The molecule has 4 rings (SSSR count). The van der Waals surface area contributed by atoms with E-state index in [1.54, 1.807) is 30.3 Å². The summed E-state index contributed by atoms with van der Waals surface area (Å²) in [4.78, 5) is 25.1. The van der Waals surface area contributed by atoms with Gasteiger partial charge in [-0.25, -0.2) is 0 Å². The molecule has 2 aromatic heterocycles. The summed E-state index contributed by atoms with van der Waals surface area (Å²) in [5.41, 5.74) is 3.62. The Hall–Kier alpha value is -3.38. The number of nitrogens with zero attached hydrogens (tertiary/aromatic N) is 1. The minimum absolute atomic E-state index is 0.167. The molecule has 0 fully saturated rings. The van der Waals surface area contributed by atoms with Gasteiger partial charge in [0, 0.05) is 41.1 Å². The van der Waals surface area contributed by atoms with Crippen molar-refractivity contribution in [2.45, 2.75) is 26.7 Å². The summed E-state index contributed by atoms with van der Waals surface area (Å²) >= 11 is 5.71. The number of carbonyl (C=O) groups excluding carboxylic acids is 2. The lowest BCUT2D eigenvalue weighted by molar-refractivity contribution is -0.116. The van der Waals surface area contributed by atoms with Gasteiger partial charge in [0.15, 0.2) is 10.9 Å². The minimum atomic E-state index is -0.168. The van der Waals surface area contributed by atoms with Crippen molar-refractivity contribution in [3.8, 4) is 0 Å². The van der Waals surface area contributed by atoms with Gasteiger partial charge in [0.05, 0.1) is 0 Å². The molecule has 2 aromatic carbocycles. The van der Waals surface area contributed by atoms with E-state index in [0.29, 0.717) is 34.8 Å². The maximum absolute atomic E-state index is 12.8. The van der Waals surface area contributed by atoms with Crippen LogP contribution in [0.5, 0.6) is 0 Å². The van der Waals surface area contributed by atoms with Crippen LogP contribution in [0.15, 0.2) is 57.5 Å². The van der Waals surface area contributed by atoms with Crippen molar-refractivity contribution >= 4 is 39.9 Å². The van der Waals surface area contributed by atoms with E-state index in [-0.39, 0.29) is 23.3 Å². The van der Waals surface area contributed by atoms with Crippen molar-refractivity contribution in [3.63, 3.8) is 0 Å². The molecule has 0 bridgehead atoms. The van der Waals surface area contributed by atoms with E-state index < -0.39 is 0 Å². The van der Waals surface area contributed by atoms with Gasteiger partial charge < -0.3 is 14.3 Å². The van der Waals surface area contributed by atoms with E-state index in [2.05, 4.69) is 10.5 Å². The number of aromatic nitrogens is 1. The monoisotopic (exact) mass is 422 g/mol. The first-order valence-electron chi connectivity index (χ1n) is 9.46. The largest absolute Gasteiger partial charge is 0.452 e. The number of hydrogen-bond donors (Lipinski definition) is 1. The van der Waals surface area contributed by atoms with Gasteiger partial charge in [0.25, 0.3) is 0 Å². The van der Waals surface area contributed by atoms with Crippen LogP contribution < -0.4 is 5.32 Å². The average Bonchev–Trinajstić information content (AvgIpc) is 3.29. The quantitative estimate of drug-likeness (QED) is 0.415. The van der Waals surface area contributed by atoms with Crippen molar-refractivity contribution in [1.82, 2.24) is 5.16 Å². The van der Waals surface area contributed by atoms with Crippen LogP contribution in [0.4, 0.5) is 5.69 Å². The van der Waals surface area contributed by atoms with Crippen LogP contribution in [0.2, 0.25) is 5.15 Å². The summed E-state index contributed by atoms with van der Waals surface area (Å²) < 4.78 is 10.8. The minimum Gasteiger partial charge on any atom is -0.452 e. The molecule has 6 nitrogen and oxygen atoms in total. The van der Waals surface area contributed by atoms with Crippen LogP contribution in [-0.2, 0) is 11.2 Å². The van der Waals surface area contributed by atoms with E-state index in [0.717, 1.165) is 16.5 Å². The highest BCUT2D eigenvalue weighted by Gasteiger charge is 2.19.